The number of nitrogens with two attached hydrogens (primary N) is 1. The number of hydrogen-bond donors (Lipinski definition) is 1. The number of aromatic nitrogens is 2. The molecule has 19 heavy (non-hydrogen) atoms. The standard InChI is InChI=1S/C14H19N3OS/c1-17-14(10(18-2)8-16-17)13(15)12-7-9-5-3-4-6-11(9)19-12/h7-8,13H,3-6,15H2,1-2H3. The second-order valence-corrected chi connectivity index (χ2v) is 6.17. The lowest BCUT2D eigenvalue weighted by molar-refractivity contribution is 0.406. The van der Waals surface area contributed by atoms with Crippen molar-refractivity contribution in [1.29, 1.82) is 0 Å². The molecule has 2 aromatic heterocycles. The summed E-state index contributed by atoms with van der Waals surface area (Å²) < 4.78 is 7.16. The Morgan fingerprint density at radius 2 is 2.21 bits per heavy atom. The Morgan fingerprint density at radius 3 is 2.95 bits per heavy atom. The molecule has 1 aliphatic carbocycles. The summed E-state index contributed by atoms with van der Waals surface area (Å²) in [6.07, 6.45) is 6.73. The molecule has 0 saturated carbocycles. The second-order valence-electron chi connectivity index (χ2n) is 5.00. The Kier molecular flexibility index (Phi) is 3.33. The number of methoxy groups -OCH3 is 1. The van der Waals surface area contributed by atoms with E-state index in [1.807, 2.05) is 23.1 Å². The maximum absolute atomic E-state index is 6.42. The first kappa shape index (κ1) is 12.7. The van der Waals surface area contributed by atoms with Gasteiger partial charge in [-0.25, -0.2) is 0 Å². The van der Waals surface area contributed by atoms with Crippen LogP contribution in [0.1, 0.15) is 39.9 Å². The molecule has 0 aliphatic heterocycles. The van der Waals surface area contributed by atoms with E-state index in [-0.39, 0.29) is 6.04 Å². The molecule has 0 amide bonds. The molecule has 2 N–H and O–H groups in total. The van der Waals surface area contributed by atoms with Gasteiger partial charge in [0, 0.05) is 16.8 Å². The summed E-state index contributed by atoms with van der Waals surface area (Å²) in [6.45, 7) is 0. The van der Waals surface area contributed by atoms with E-state index in [0.717, 1.165) is 11.4 Å². The van der Waals surface area contributed by atoms with Crippen LogP contribution < -0.4 is 10.5 Å². The van der Waals surface area contributed by atoms with Gasteiger partial charge in [-0.2, -0.15) is 5.10 Å². The first-order valence-electron chi connectivity index (χ1n) is 6.63. The highest BCUT2D eigenvalue weighted by atomic mass is 32.1. The zero-order valence-electron chi connectivity index (χ0n) is 11.3. The molecule has 0 bridgehead atoms. The lowest BCUT2D eigenvalue weighted by Crippen LogP contribution is -2.15. The summed E-state index contributed by atoms with van der Waals surface area (Å²) in [5, 5.41) is 4.23. The smallest absolute Gasteiger partial charge is 0.161 e. The van der Waals surface area contributed by atoms with E-state index in [1.54, 1.807) is 13.3 Å². The molecule has 0 saturated heterocycles. The number of aryl methyl sites for hydroxylation is 3. The van der Waals surface area contributed by atoms with Crippen LogP contribution in [0.4, 0.5) is 0 Å². The van der Waals surface area contributed by atoms with Crippen molar-refractivity contribution in [2.45, 2.75) is 31.7 Å². The van der Waals surface area contributed by atoms with Crippen molar-refractivity contribution < 1.29 is 4.74 Å². The summed E-state index contributed by atoms with van der Waals surface area (Å²) in [4.78, 5) is 2.73. The van der Waals surface area contributed by atoms with E-state index >= 15 is 0 Å². The third-order valence-electron chi connectivity index (χ3n) is 3.79. The SMILES string of the molecule is COc1cnn(C)c1C(N)c1cc2c(s1)CCCC2. The van der Waals surface area contributed by atoms with Crippen molar-refractivity contribution in [2.75, 3.05) is 7.11 Å². The number of rotatable bonds is 3. The van der Waals surface area contributed by atoms with Crippen molar-refractivity contribution in [2.24, 2.45) is 12.8 Å². The molecule has 0 radical (unpaired) electrons. The van der Waals surface area contributed by atoms with Crippen LogP contribution >= 0.6 is 11.3 Å². The minimum atomic E-state index is -0.155. The molecule has 4 nitrogen and oxygen atoms in total. The number of nitrogens with zero attached hydrogens (tertiary/aromatic N) is 2. The molecule has 3 rings (SSSR count). The Hall–Kier alpha value is -1.33. The minimum Gasteiger partial charge on any atom is -0.493 e. The minimum absolute atomic E-state index is 0.155. The van der Waals surface area contributed by atoms with Gasteiger partial charge in [-0.05, 0) is 37.3 Å². The predicted molar refractivity (Wildman–Crippen MR) is 76.8 cm³/mol. The highest BCUT2D eigenvalue weighted by Gasteiger charge is 2.23. The number of hydrogen-bond acceptors (Lipinski definition) is 4. The lowest BCUT2D eigenvalue weighted by Gasteiger charge is -2.12. The van der Waals surface area contributed by atoms with E-state index in [0.29, 0.717) is 0 Å². The van der Waals surface area contributed by atoms with Gasteiger partial charge in [0.1, 0.15) is 5.69 Å². The average Bonchev–Trinajstić information content (AvgIpc) is 3.01. The highest BCUT2D eigenvalue weighted by molar-refractivity contribution is 7.12. The summed E-state index contributed by atoms with van der Waals surface area (Å²) in [7, 11) is 3.57. The van der Waals surface area contributed by atoms with E-state index in [4.69, 9.17) is 10.5 Å². The quantitative estimate of drug-likeness (QED) is 0.937. The molecule has 2 aromatic rings. The molecule has 1 aliphatic rings. The third-order valence-corrected chi connectivity index (χ3v) is 5.11. The fourth-order valence-electron chi connectivity index (χ4n) is 2.74. The number of thiophene rings is 1. The van der Waals surface area contributed by atoms with Gasteiger partial charge in [-0.15, -0.1) is 11.3 Å². The van der Waals surface area contributed by atoms with Gasteiger partial charge >= 0.3 is 0 Å². The zero-order valence-corrected chi connectivity index (χ0v) is 12.2. The molecule has 0 spiro atoms. The van der Waals surface area contributed by atoms with Crippen LogP contribution in [0.2, 0.25) is 0 Å². The maximum Gasteiger partial charge on any atom is 0.161 e. The molecule has 1 atom stereocenters. The Morgan fingerprint density at radius 1 is 1.42 bits per heavy atom. The van der Waals surface area contributed by atoms with E-state index < -0.39 is 0 Å². The number of ether oxygens (including phenoxy) is 1. The highest BCUT2D eigenvalue weighted by Crippen LogP contribution is 2.36. The fraction of sp³-hybridized carbons (Fsp3) is 0.500. The van der Waals surface area contributed by atoms with Crippen LogP contribution in [-0.4, -0.2) is 16.9 Å². The van der Waals surface area contributed by atoms with Gasteiger partial charge < -0.3 is 10.5 Å². The summed E-state index contributed by atoms with van der Waals surface area (Å²) in [5.74, 6) is 0.765. The molecule has 5 heteroatoms. The molecule has 1 unspecified atom stereocenters. The van der Waals surface area contributed by atoms with Crippen molar-refractivity contribution >= 4 is 11.3 Å². The zero-order chi connectivity index (χ0) is 13.4. The lowest BCUT2D eigenvalue weighted by atomic mass is 9.98. The van der Waals surface area contributed by atoms with Crippen LogP contribution in [0.3, 0.4) is 0 Å². The van der Waals surface area contributed by atoms with Crippen LogP contribution in [0, 0.1) is 0 Å². The fourth-order valence-corrected chi connectivity index (χ4v) is 4.00. The van der Waals surface area contributed by atoms with Gasteiger partial charge in [0.25, 0.3) is 0 Å². The Balaban J connectivity index is 1.97. The molecular weight excluding hydrogens is 258 g/mol. The van der Waals surface area contributed by atoms with Crippen molar-refractivity contribution in [1.82, 2.24) is 9.78 Å². The second kappa shape index (κ2) is 4.98. The maximum atomic E-state index is 6.42. The van der Waals surface area contributed by atoms with E-state index in [1.165, 1.54) is 41.0 Å². The molecule has 0 fully saturated rings. The predicted octanol–water partition coefficient (Wildman–Crippen LogP) is 2.42. The summed E-state index contributed by atoms with van der Waals surface area (Å²) in [5.41, 5.74) is 8.85. The molecule has 2 heterocycles. The van der Waals surface area contributed by atoms with Crippen LogP contribution in [0.25, 0.3) is 0 Å². The van der Waals surface area contributed by atoms with Crippen LogP contribution in [-0.2, 0) is 19.9 Å². The average molecular weight is 277 g/mol. The van der Waals surface area contributed by atoms with Crippen molar-refractivity contribution in [3.63, 3.8) is 0 Å². The van der Waals surface area contributed by atoms with Crippen LogP contribution in [0.5, 0.6) is 5.75 Å². The summed E-state index contributed by atoms with van der Waals surface area (Å²) in [6, 6.07) is 2.12. The van der Waals surface area contributed by atoms with Gasteiger partial charge in [0.2, 0.25) is 0 Å². The van der Waals surface area contributed by atoms with E-state index in [9.17, 15) is 0 Å². The van der Waals surface area contributed by atoms with Gasteiger partial charge in [-0.3, -0.25) is 4.68 Å². The molecular formula is C14H19N3OS. The first-order chi connectivity index (χ1) is 9.20. The first-order valence-corrected chi connectivity index (χ1v) is 7.45. The Labute approximate surface area is 117 Å². The van der Waals surface area contributed by atoms with E-state index in [2.05, 4.69) is 11.2 Å². The third kappa shape index (κ3) is 2.17. The van der Waals surface area contributed by atoms with Crippen molar-refractivity contribution in [3.8, 4) is 5.75 Å². The normalized spacial score (nSPS) is 16.2. The van der Waals surface area contributed by atoms with Gasteiger partial charge in [0.05, 0.1) is 19.3 Å². The molecule has 0 aromatic carbocycles. The number of fused-ring (bicyclic) bond motifs is 1. The monoisotopic (exact) mass is 277 g/mol. The van der Waals surface area contributed by atoms with Crippen molar-refractivity contribution in [3.05, 3.63) is 33.3 Å². The Bertz CT molecular complexity index is 564. The topological polar surface area (TPSA) is 53.1 Å². The summed E-state index contributed by atoms with van der Waals surface area (Å²) >= 11 is 1.85. The molecule has 102 valence electrons. The van der Waals surface area contributed by atoms with Gasteiger partial charge in [-0.1, -0.05) is 0 Å². The van der Waals surface area contributed by atoms with Gasteiger partial charge in [0.15, 0.2) is 5.75 Å². The largest absolute Gasteiger partial charge is 0.493 e. The van der Waals surface area contributed by atoms with Crippen LogP contribution in [0.15, 0.2) is 12.3 Å².